The molecule has 0 spiro atoms. The third-order valence-electron chi connectivity index (χ3n) is 4.32. The number of benzene rings is 2. The van der Waals surface area contributed by atoms with Crippen molar-refractivity contribution in [3.8, 4) is 0 Å². The van der Waals surface area contributed by atoms with E-state index in [-0.39, 0.29) is 27.5 Å². The average molecular weight is 428 g/mol. The molecule has 152 valence electrons. The van der Waals surface area contributed by atoms with Crippen LogP contribution < -0.4 is 4.90 Å². The largest absolute Gasteiger partial charge is 0.467 e. The van der Waals surface area contributed by atoms with E-state index in [4.69, 9.17) is 4.42 Å². The summed E-state index contributed by atoms with van der Waals surface area (Å²) in [6, 6.07) is 11.2. The van der Waals surface area contributed by atoms with Gasteiger partial charge in [0.05, 0.1) is 30.2 Å². The minimum atomic E-state index is -0.805. The first-order valence-corrected chi connectivity index (χ1v) is 9.56. The summed E-state index contributed by atoms with van der Waals surface area (Å²) < 4.78 is 38.0. The summed E-state index contributed by atoms with van der Waals surface area (Å²) in [5.74, 6) is -2.01. The van der Waals surface area contributed by atoms with E-state index in [1.807, 2.05) is 0 Å². The number of hydrogen-bond donors (Lipinski definition) is 0. The topological polar surface area (TPSA) is 72.6 Å². The van der Waals surface area contributed by atoms with Crippen LogP contribution in [0.4, 0.5) is 13.9 Å². The number of furan rings is 1. The number of rotatable bonds is 5. The molecule has 0 aliphatic rings. The Balaban J connectivity index is 1.74. The van der Waals surface area contributed by atoms with Gasteiger partial charge in [-0.25, -0.2) is 18.6 Å². The maximum absolute atomic E-state index is 14.1. The summed E-state index contributed by atoms with van der Waals surface area (Å²) in [5.41, 5.74) is 0.555. The highest BCUT2D eigenvalue weighted by atomic mass is 32.1. The Morgan fingerprint density at radius 3 is 2.53 bits per heavy atom. The highest BCUT2D eigenvalue weighted by Crippen LogP contribution is 2.33. The highest BCUT2D eigenvalue weighted by Gasteiger charge is 2.24. The van der Waals surface area contributed by atoms with Crippen molar-refractivity contribution in [2.75, 3.05) is 12.0 Å². The maximum Gasteiger partial charge on any atom is 0.337 e. The predicted octanol–water partition coefficient (Wildman–Crippen LogP) is 4.80. The molecular formula is C21H14F2N2O4S. The number of thiazole rings is 1. The molecule has 4 rings (SSSR count). The normalized spacial score (nSPS) is 10.9. The van der Waals surface area contributed by atoms with E-state index in [1.165, 1.54) is 48.6 Å². The van der Waals surface area contributed by atoms with Crippen molar-refractivity contribution in [3.63, 3.8) is 0 Å². The lowest BCUT2D eigenvalue weighted by molar-refractivity contribution is 0.0600. The standard InChI is InChI=1S/C21H14F2N2O4S/c1-28-20(27)13-6-4-12(5-7-13)19(26)25(11-15-3-2-8-29-15)21-24-18-16(23)9-14(22)10-17(18)30-21/h2-10H,11H2,1H3. The van der Waals surface area contributed by atoms with Gasteiger partial charge in [0.2, 0.25) is 0 Å². The Bertz CT molecular complexity index is 1220. The molecule has 4 aromatic rings. The monoisotopic (exact) mass is 428 g/mol. The quantitative estimate of drug-likeness (QED) is 0.427. The molecule has 6 nitrogen and oxygen atoms in total. The van der Waals surface area contributed by atoms with E-state index in [0.29, 0.717) is 11.3 Å². The molecule has 0 aliphatic heterocycles. The molecule has 0 atom stereocenters. The van der Waals surface area contributed by atoms with Crippen molar-refractivity contribution in [2.45, 2.75) is 6.54 Å². The van der Waals surface area contributed by atoms with Crippen LogP contribution in [-0.2, 0) is 11.3 Å². The number of halogens is 2. The Hall–Kier alpha value is -3.59. The van der Waals surface area contributed by atoms with Gasteiger partial charge in [0.1, 0.15) is 17.1 Å². The van der Waals surface area contributed by atoms with Gasteiger partial charge in [-0.15, -0.1) is 0 Å². The minimum absolute atomic E-state index is 0.0188. The number of anilines is 1. The number of nitrogens with zero attached hydrogens (tertiary/aromatic N) is 2. The molecule has 0 aliphatic carbocycles. The fraction of sp³-hybridized carbons (Fsp3) is 0.0952. The number of carbonyl (C=O) groups excluding carboxylic acids is 2. The van der Waals surface area contributed by atoms with Gasteiger partial charge in [-0.1, -0.05) is 11.3 Å². The first-order chi connectivity index (χ1) is 14.5. The van der Waals surface area contributed by atoms with Crippen LogP contribution in [0.1, 0.15) is 26.5 Å². The van der Waals surface area contributed by atoms with Gasteiger partial charge in [-0.3, -0.25) is 9.69 Å². The zero-order valence-electron chi connectivity index (χ0n) is 15.6. The molecular weight excluding hydrogens is 414 g/mol. The molecule has 2 aromatic carbocycles. The van der Waals surface area contributed by atoms with E-state index in [0.717, 1.165) is 17.4 Å². The molecule has 0 fully saturated rings. The second-order valence-corrected chi connectivity index (χ2v) is 7.28. The van der Waals surface area contributed by atoms with Crippen LogP contribution in [-0.4, -0.2) is 24.0 Å². The van der Waals surface area contributed by atoms with Crippen molar-refractivity contribution in [2.24, 2.45) is 0 Å². The molecule has 0 saturated carbocycles. The number of hydrogen-bond acceptors (Lipinski definition) is 6. The van der Waals surface area contributed by atoms with Crippen LogP contribution in [0.15, 0.2) is 59.2 Å². The van der Waals surface area contributed by atoms with Crippen molar-refractivity contribution in [1.29, 1.82) is 0 Å². The molecule has 0 saturated heterocycles. The summed E-state index contributed by atoms with van der Waals surface area (Å²) in [5, 5.41) is 0.188. The fourth-order valence-corrected chi connectivity index (χ4v) is 3.87. The lowest BCUT2D eigenvalue weighted by Gasteiger charge is -2.19. The van der Waals surface area contributed by atoms with Crippen LogP contribution >= 0.6 is 11.3 Å². The molecule has 0 radical (unpaired) electrons. The Morgan fingerprint density at radius 1 is 1.13 bits per heavy atom. The summed E-state index contributed by atoms with van der Waals surface area (Å²) in [6.45, 7) is 0.0362. The molecule has 30 heavy (non-hydrogen) atoms. The molecule has 0 bridgehead atoms. The second kappa shape index (κ2) is 8.03. The van der Waals surface area contributed by atoms with E-state index in [9.17, 15) is 18.4 Å². The Kier molecular flexibility index (Phi) is 5.28. The van der Waals surface area contributed by atoms with E-state index in [2.05, 4.69) is 9.72 Å². The van der Waals surface area contributed by atoms with Crippen molar-refractivity contribution < 1.29 is 27.5 Å². The van der Waals surface area contributed by atoms with Gasteiger partial charge in [0.25, 0.3) is 5.91 Å². The molecule has 0 N–H and O–H groups in total. The van der Waals surface area contributed by atoms with Crippen molar-refractivity contribution in [3.05, 3.63) is 83.3 Å². The zero-order chi connectivity index (χ0) is 21.3. The highest BCUT2D eigenvalue weighted by molar-refractivity contribution is 7.22. The molecule has 2 heterocycles. The number of amides is 1. The lowest BCUT2D eigenvalue weighted by Crippen LogP contribution is -2.30. The molecule has 2 aromatic heterocycles. The van der Waals surface area contributed by atoms with Crippen LogP contribution in [0.3, 0.4) is 0 Å². The van der Waals surface area contributed by atoms with Gasteiger partial charge in [-0.05, 0) is 42.5 Å². The van der Waals surface area contributed by atoms with E-state index in [1.54, 1.807) is 12.1 Å². The van der Waals surface area contributed by atoms with Gasteiger partial charge < -0.3 is 9.15 Å². The predicted molar refractivity (Wildman–Crippen MR) is 107 cm³/mol. The second-order valence-electron chi connectivity index (χ2n) is 6.27. The van der Waals surface area contributed by atoms with Gasteiger partial charge >= 0.3 is 5.97 Å². The van der Waals surface area contributed by atoms with Crippen LogP contribution in [0.25, 0.3) is 10.2 Å². The number of methoxy groups -OCH3 is 1. The lowest BCUT2D eigenvalue weighted by atomic mass is 10.1. The zero-order valence-corrected chi connectivity index (χ0v) is 16.4. The summed E-state index contributed by atoms with van der Waals surface area (Å²) in [4.78, 5) is 30.4. The van der Waals surface area contributed by atoms with Crippen molar-refractivity contribution >= 4 is 38.6 Å². The van der Waals surface area contributed by atoms with E-state index >= 15 is 0 Å². The molecule has 9 heteroatoms. The van der Waals surface area contributed by atoms with Gasteiger partial charge in [0.15, 0.2) is 10.9 Å². The van der Waals surface area contributed by atoms with Gasteiger partial charge in [0, 0.05) is 11.6 Å². The van der Waals surface area contributed by atoms with Crippen LogP contribution in [0.2, 0.25) is 0 Å². The Labute approximate surface area is 173 Å². The first-order valence-electron chi connectivity index (χ1n) is 8.74. The minimum Gasteiger partial charge on any atom is -0.467 e. The number of ether oxygens (including phenoxy) is 1. The number of carbonyl (C=O) groups is 2. The third-order valence-corrected chi connectivity index (χ3v) is 5.35. The average Bonchev–Trinajstić information content (AvgIpc) is 3.40. The number of esters is 1. The van der Waals surface area contributed by atoms with Gasteiger partial charge in [-0.2, -0.15) is 0 Å². The number of aromatic nitrogens is 1. The van der Waals surface area contributed by atoms with Crippen LogP contribution in [0.5, 0.6) is 0 Å². The third kappa shape index (κ3) is 3.79. The first kappa shape index (κ1) is 19.7. The summed E-state index contributed by atoms with van der Waals surface area (Å²) in [7, 11) is 1.27. The molecule has 0 unspecified atom stereocenters. The molecule has 1 amide bonds. The number of fused-ring (bicyclic) bond motifs is 1. The maximum atomic E-state index is 14.1. The van der Waals surface area contributed by atoms with E-state index < -0.39 is 23.5 Å². The fourth-order valence-electron chi connectivity index (χ4n) is 2.87. The van der Waals surface area contributed by atoms with Crippen LogP contribution in [0, 0.1) is 11.6 Å². The smallest absolute Gasteiger partial charge is 0.337 e. The summed E-state index contributed by atoms with van der Waals surface area (Å²) >= 11 is 0.988. The Morgan fingerprint density at radius 2 is 1.87 bits per heavy atom. The SMILES string of the molecule is COC(=O)c1ccc(C(=O)N(Cc2ccco2)c2nc3c(F)cc(F)cc3s2)cc1. The van der Waals surface area contributed by atoms with Crippen molar-refractivity contribution in [1.82, 2.24) is 4.98 Å². The summed E-state index contributed by atoms with van der Waals surface area (Å²) in [6.07, 6.45) is 1.47.